The third kappa shape index (κ3) is 4.49. The average molecular weight is 341 g/mol. The summed E-state index contributed by atoms with van der Waals surface area (Å²) >= 11 is 0. The van der Waals surface area contributed by atoms with Gasteiger partial charge in [0.05, 0.1) is 24.8 Å². The minimum Gasteiger partial charge on any atom is -0.493 e. The van der Waals surface area contributed by atoms with Gasteiger partial charge in [-0.2, -0.15) is 0 Å². The zero-order valence-corrected chi connectivity index (χ0v) is 14.3. The van der Waals surface area contributed by atoms with Crippen LogP contribution in [0, 0.1) is 0 Å². The van der Waals surface area contributed by atoms with E-state index in [1.807, 2.05) is 42.5 Å². The first-order chi connectivity index (χ1) is 12.3. The van der Waals surface area contributed by atoms with E-state index in [0.717, 1.165) is 41.9 Å². The number of H-pyrrole nitrogens is 1. The van der Waals surface area contributed by atoms with Crippen LogP contribution in [0.2, 0.25) is 0 Å². The lowest BCUT2D eigenvalue weighted by Gasteiger charge is -2.12. The minimum atomic E-state index is -0.0196. The smallest absolute Gasteiger partial charge is 0.161 e. The predicted molar refractivity (Wildman–Crippen MR) is 97.1 cm³/mol. The fourth-order valence-electron chi connectivity index (χ4n) is 2.66. The molecule has 0 bridgehead atoms. The highest BCUT2D eigenvalue weighted by molar-refractivity contribution is 5.74. The summed E-state index contributed by atoms with van der Waals surface area (Å²) in [5.41, 5.74) is 3.18. The molecule has 2 aromatic carbocycles. The van der Waals surface area contributed by atoms with Crippen LogP contribution in [0.1, 0.15) is 11.4 Å². The van der Waals surface area contributed by atoms with Crippen molar-refractivity contribution < 1.29 is 14.6 Å². The lowest BCUT2D eigenvalue weighted by atomic mass is 10.2. The van der Waals surface area contributed by atoms with Gasteiger partial charge in [-0.3, -0.25) is 0 Å². The van der Waals surface area contributed by atoms with Crippen molar-refractivity contribution in [2.24, 2.45) is 0 Å². The van der Waals surface area contributed by atoms with Crippen LogP contribution in [-0.4, -0.2) is 41.9 Å². The lowest BCUT2D eigenvalue weighted by molar-refractivity contribution is 0.196. The Morgan fingerprint density at radius 1 is 1.16 bits per heavy atom. The van der Waals surface area contributed by atoms with Gasteiger partial charge in [0.25, 0.3) is 0 Å². The van der Waals surface area contributed by atoms with E-state index in [0.29, 0.717) is 11.5 Å². The molecule has 0 spiro atoms. The normalized spacial score (nSPS) is 11.0. The number of aliphatic hydroxyl groups excluding tert-OH is 1. The fraction of sp³-hybridized carbons (Fsp3) is 0.316. The van der Waals surface area contributed by atoms with Crippen molar-refractivity contribution in [3.63, 3.8) is 0 Å². The third-order valence-electron chi connectivity index (χ3n) is 3.88. The summed E-state index contributed by atoms with van der Waals surface area (Å²) in [5.74, 6) is 2.30. The lowest BCUT2D eigenvalue weighted by Crippen LogP contribution is -2.17. The zero-order valence-electron chi connectivity index (χ0n) is 14.3. The quantitative estimate of drug-likeness (QED) is 0.520. The van der Waals surface area contributed by atoms with Crippen molar-refractivity contribution in [3.05, 3.63) is 53.9 Å². The summed E-state index contributed by atoms with van der Waals surface area (Å²) in [5, 5.41) is 12.3. The molecule has 0 atom stereocenters. The Labute approximate surface area is 146 Å². The maximum absolute atomic E-state index is 8.85. The highest BCUT2D eigenvalue weighted by Gasteiger charge is 2.06. The van der Waals surface area contributed by atoms with Crippen LogP contribution in [0.15, 0.2) is 42.5 Å². The number of hydrogen-bond donors (Lipinski definition) is 3. The third-order valence-corrected chi connectivity index (χ3v) is 3.88. The Morgan fingerprint density at radius 2 is 2.04 bits per heavy atom. The number of methoxy groups -OCH3 is 1. The van der Waals surface area contributed by atoms with Gasteiger partial charge in [-0.25, -0.2) is 4.98 Å². The summed E-state index contributed by atoms with van der Waals surface area (Å²) < 4.78 is 10.8. The highest BCUT2D eigenvalue weighted by Crippen LogP contribution is 2.27. The second kappa shape index (κ2) is 8.50. The molecule has 3 rings (SSSR count). The summed E-state index contributed by atoms with van der Waals surface area (Å²) in [4.78, 5) is 7.90. The average Bonchev–Trinajstić information content (AvgIpc) is 3.06. The number of aliphatic hydroxyl groups is 1. The Balaban J connectivity index is 1.51. The summed E-state index contributed by atoms with van der Waals surface area (Å²) in [6.07, 6.45) is 0.837. The van der Waals surface area contributed by atoms with E-state index >= 15 is 0 Å². The van der Waals surface area contributed by atoms with Crippen molar-refractivity contribution in [2.75, 3.05) is 26.9 Å². The molecule has 132 valence electrons. The molecule has 1 aromatic heterocycles. The zero-order chi connectivity index (χ0) is 17.5. The largest absolute Gasteiger partial charge is 0.493 e. The summed E-state index contributed by atoms with van der Waals surface area (Å²) in [6, 6.07) is 13.8. The number of nitrogens with one attached hydrogen (secondary N) is 2. The molecule has 0 aliphatic heterocycles. The molecule has 0 saturated heterocycles. The van der Waals surface area contributed by atoms with E-state index in [4.69, 9.17) is 14.6 Å². The molecule has 0 radical (unpaired) electrons. The van der Waals surface area contributed by atoms with Gasteiger partial charge in [0.15, 0.2) is 11.5 Å². The van der Waals surface area contributed by atoms with Crippen LogP contribution < -0.4 is 14.8 Å². The van der Waals surface area contributed by atoms with Gasteiger partial charge in [0, 0.05) is 19.5 Å². The van der Waals surface area contributed by atoms with Crippen LogP contribution in [-0.2, 0) is 13.0 Å². The molecule has 3 aromatic rings. The number of para-hydroxylation sites is 2. The van der Waals surface area contributed by atoms with Crippen molar-refractivity contribution in [3.8, 4) is 11.5 Å². The highest BCUT2D eigenvalue weighted by atomic mass is 16.5. The van der Waals surface area contributed by atoms with Gasteiger partial charge in [0.2, 0.25) is 0 Å². The standard InChI is InChI=1S/C19H23N3O3/c1-24-18-12-14(6-7-17(18)25-11-10-23)13-20-9-8-19-21-15-4-2-3-5-16(15)22-19/h2-7,12,20,23H,8-11,13H2,1H3,(H,21,22). The monoisotopic (exact) mass is 341 g/mol. The predicted octanol–water partition coefficient (Wildman–Crippen LogP) is 2.27. The SMILES string of the molecule is COc1cc(CNCCc2nc3ccccc3[nH]2)ccc1OCCO. The van der Waals surface area contributed by atoms with Gasteiger partial charge >= 0.3 is 0 Å². The molecule has 6 nitrogen and oxygen atoms in total. The molecule has 0 unspecified atom stereocenters. The summed E-state index contributed by atoms with van der Waals surface area (Å²) in [6.45, 7) is 1.79. The maximum Gasteiger partial charge on any atom is 0.161 e. The Kier molecular flexibility index (Phi) is 5.87. The van der Waals surface area contributed by atoms with Crippen molar-refractivity contribution in [2.45, 2.75) is 13.0 Å². The number of ether oxygens (including phenoxy) is 2. The number of aromatic amines is 1. The van der Waals surface area contributed by atoms with E-state index in [9.17, 15) is 0 Å². The molecular formula is C19H23N3O3. The van der Waals surface area contributed by atoms with Gasteiger partial charge in [0.1, 0.15) is 12.4 Å². The van der Waals surface area contributed by atoms with Gasteiger partial charge in [-0.05, 0) is 29.8 Å². The van der Waals surface area contributed by atoms with Crippen molar-refractivity contribution in [1.82, 2.24) is 15.3 Å². The van der Waals surface area contributed by atoms with E-state index in [-0.39, 0.29) is 13.2 Å². The summed E-state index contributed by atoms with van der Waals surface area (Å²) in [7, 11) is 1.61. The molecule has 3 N–H and O–H groups in total. The van der Waals surface area contributed by atoms with Crippen LogP contribution in [0.25, 0.3) is 11.0 Å². The molecule has 25 heavy (non-hydrogen) atoms. The van der Waals surface area contributed by atoms with Crippen LogP contribution in [0.4, 0.5) is 0 Å². The van der Waals surface area contributed by atoms with Crippen LogP contribution in [0.3, 0.4) is 0 Å². The second-order valence-corrected chi connectivity index (χ2v) is 5.68. The molecule has 0 aliphatic carbocycles. The van der Waals surface area contributed by atoms with Gasteiger partial charge < -0.3 is 24.9 Å². The molecule has 0 fully saturated rings. The van der Waals surface area contributed by atoms with Crippen molar-refractivity contribution >= 4 is 11.0 Å². The number of nitrogens with zero attached hydrogens (tertiary/aromatic N) is 1. The molecule has 0 saturated carbocycles. The molecule has 0 aliphatic rings. The van der Waals surface area contributed by atoms with E-state index in [1.54, 1.807) is 7.11 Å². The molecule has 1 heterocycles. The van der Waals surface area contributed by atoms with Crippen LogP contribution in [0.5, 0.6) is 11.5 Å². The first-order valence-corrected chi connectivity index (χ1v) is 8.35. The van der Waals surface area contributed by atoms with Crippen LogP contribution >= 0.6 is 0 Å². The van der Waals surface area contributed by atoms with E-state index in [1.165, 1.54) is 0 Å². The maximum atomic E-state index is 8.85. The molecule has 6 heteroatoms. The number of imidazole rings is 1. The van der Waals surface area contributed by atoms with Crippen molar-refractivity contribution in [1.29, 1.82) is 0 Å². The fourth-order valence-corrected chi connectivity index (χ4v) is 2.66. The molecular weight excluding hydrogens is 318 g/mol. The second-order valence-electron chi connectivity index (χ2n) is 5.68. The minimum absolute atomic E-state index is 0.0196. The number of benzene rings is 2. The number of hydrogen-bond acceptors (Lipinski definition) is 5. The Hall–Kier alpha value is -2.57. The first kappa shape index (κ1) is 17.3. The number of aromatic nitrogens is 2. The first-order valence-electron chi connectivity index (χ1n) is 8.35. The Bertz CT molecular complexity index is 784. The van der Waals surface area contributed by atoms with E-state index in [2.05, 4.69) is 15.3 Å². The van der Waals surface area contributed by atoms with Gasteiger partial charge in [-0.15, -0.1) is 0 Å². The molecule has 0 amide bonds. The van der Waals surface area contributed by atoms with E-state index < -0.39 is 0 Å². The van der Waals surface area contributed by atoms with Gasteiger partial charge in [-0.1, -0.05) is 18.2 Å². The number of fused-ring (bicyclic) bond motifs is 1. The number of rotatable bonds is 9. The Morgan fingerprint density at radius 3 is 2.84 bits per heavy atom. The topological polar surface area (TPSA) is 79.4 Å².